The molecule has 27 heavy (non-hydrogen) atoms. The SMILES string of the molecule is Fc1ccc(OCc2nnc3sc([C@H]4COc5ccccc5O4)nn23)cc1. The van der Waals surface area contributed by atoms with Gasteiger partial charge in [-0.3, -0.25) is 0 Å². The van der Waals surface area contributed by atoms with Crippen molar-refractivity contribution in [1.82, 2.24) is 19.8 Å². The molecule has 0 amide bonds. The predicted molar refractivity (Wildman–Crippen MR) is 94.7 cm³/mol. The maximum absolute atomic E-state index is 13.0. The lowest BCUT2D eigenvalue weighted by Crippen LogP contribution is -2.21. The summed E-state index contributed by atoms with van der Waals surface area (Å²) in [6, 6.07) is 13.3. The highest BCUT2D eigenvalue weighted by molar-refractivity contribution is 7.16. The van der Waals surface area contributed by atoms with Crippen LogP contribution in [0.2, 0.25) is 0 Å². The number of aromatic nitrogens is 4. The van der Waals surface area contributed by atoms with E-state index < -0.39 is 0 Å². The molecule has 0 fully saturated rings. The Bertz CT molecular complexity index is 1100. The van der Waals surface area contributed by atoms with E-state index >= 15 is 0 Å². The van der Waals surface area contributed by atoms with Crippen LogP contribution in [0.1, 0.15) is 16.9 Å². The first-order valence-corrected chi connectivity index (χ1v) is 9.06. The van der Waals surface area contributed by atoms with Gasteiger partial charge in [-0.1, -0.05) is 23.5 Å². The average Bonchev–Trinajstić information content (AvgIpc) is 3.28. The van der Waals surface area contributed by atoms with E-state index in [0.29, 0.717) is 28.9 Å². The number of hydrogen-bond acceptors (Lipinski definition) is 7. The van der Waals surface area contributed by atoms with Crippen LogP contribution in [0, 0.1) is 5.82 Å². The zero-order chi connectivity index (χ0) is 18.2. The fourth-order valence-corrected chi connectivity index (χ4v) is 3.58. The summed E-state index contributed by atoms with van der Waals surface area (Å²) in [5, 5.41) is 13.5. The van der Waals surface area contributed by atoms with Crippen molar-refractivity contribution in [2.45, 2.75) is 12.7 Å². The lowest BCUT2D eigenvalue weighted by molar-refractivity contribution is 0.0903. The van der Waals surface area contributed by atoms with Gasteiger partial charge in [0.25, 0.3) is 0 Å². The maximum Gasteiger partial charge on any atom is 0.234 e. The molecule has 0 aliphatic carbocycles. The van der Waals surface area contributed by atoms with Crippen molar-refractivity contribution in [3.8, 4) is 17.2 Å². The second-order valence-corrected chi connectivity index (χ2v) is 6.85. The third kappa shape index (κ3) is 3.06. The van der Waals surface area contributed by atoms with E-state index in [4.69, 9.17) is 14.2 Å². The molecule has 2 aromatic carbocycles. The van der Waals surface area contributed by atoms with E-state index in [2.05, 4.69) is 15.3 Å². The Morgan fingerprint density at radius 1 is 1.11 bits per heavy atom. The van der Waals surface area contributed by atoms with Crippen LogP contribution in [0.15, 0.2) is 48.5 Å². The molecule has 0 spiro atoms. The molecule has 3 heterocycles. The minimum atomic E-state index is -0.312. The summed E-state index contributed by atoms with van der Waals surface area (Å²) in [5.41, 5.74) is 0. The van der Waals surface area contributed by atoms with E-state index in [-0.39, 0.29) is 18.5 Å². The maximum atomic E-state index is 13.0. The van der Waals surface area contributed by atoms with Crippen LogP contribution in [-0.4, -0.2) is 26.4 Å². The van der Waals surface area contributed by atoms with Crippen LogP contribution in [0.25, 0.3) is 4.96 Å². The first-order chi connectivity index (χ1) is 13.3. The molecule has 2 aromatic heterocycles. The van der Waals surface area contributed by atoms with E-state index in [1.54, 1.807) is 16.6 Å². The molecule has 1 atom stereocenters. The topological polar surface area (TPSA) is 70.8 Å². The van der Waals surface area contributed by atoms with E-state index in [1.807, 2.05) is 24.3 Å². The standard InChI is InChI=1S/C18H13FN4O3S/c19-11-5-7-12(8-6-11)24-10-16-20-21-18-23(16)22-17(27-18)15-9-25-13-3-1-2-4-14(13)26-15/h1-8,15H,9-10H2/t15-/m1/s1. The van der Waals surface area contributed by atoms with Gasteiger partial charge in [0.05, 0.1) is 0 Å². The molecule has 4 aromatic rings. The Morgan fingerprint density at radius 2 is 1.93 bits per heavy atom. The van der Waals surface area contributed by atoms with Gasteiger partial charge in [-0.15, -0.1) is 10.2 Å². The number of fused-ring (bicyclic) bond motifs is 2. The van der Waals surface area contributed by atoms with Gasteiger partial charge in [0.15, 0.2) is 28.4 Å². The summed E-state index contributed by atoms with van der Waals surface area (Å²) in [4.78, 5) is 0.644. The van der Waals surface area contributed by atoms with Gasteiger partial charge in [0.2, 0.25) is 4.96 Å². The minimum absolute atomic E-state index is 0.167. The van der Waals surface area contributed by atoms with Crippen molar-refractivity contribution < 1.29 is 18.6 Å². The van der Waals surface area contributed by atoms with Crippen LogP contribution in [0.5, 0.6) is 17.2 Å². The van der Waals surface area contributed by atoms with Crippen molar-refractivity contribution in [2.75, 3.05) is 6.61 Å². The molecule has 0 radical (unpaired) electrons. The lowest BCUT2D eigenvalue weighted by atomic mass is 10.3. The smallest absolute Gasteiger partial charge is 0.234 e. The highest BCUT2D eigenvalue weighted by Crippen LogP contribution is 2.36. The zero-order valence-electron chi connectivity index (χ0n) is 13.9. The quantitative estimate of drug-likeness (QED) is 0.537. The van der Waals surface area contributed by atoms with Gasteiger partial charge in [-0.2, -0.15) is 9.61 Å². The third-order valence-corrected chi connectivity index (χ3v) is 5.03. The molecule has 0 N–H and O–H groups in total. The summed E-state index contributed by atoms with van der Waals surface area (Å²) in [6.45, 7) is 0.545. The molecule has 1 aliphatic rings. The highest BCUT2D eigenvalue weighted by atomic mass is 32.1. The Labute approximate surface area is 156 Å². The number of rotatable bonds is 4. The number of nitrogens with zero attached hydrogens (tertiary/aromatic N) is 4. The summed E-state index contributed by atoms with van der Waals surface area (Å²) in [6.07, 6.45) is -0.308. The fraction of sp³-hybridized carbons (Fsp3) is 0.167. The van der Waals surface area contributed by atoms with Crippen molar-refractivity contribution in [1.29, 1.82) is 0 Å². The number of hydrogen-bond donors (Lipinski definition) is 0. The Morgan fingerprint density at radius 3 is 2.78 bits per heavy atom. The van der Waals surface area contributed by atoms with Gasteiger partial charge in [0.1, 0.15) is 24.8 Å². The first-order valence-electron chi connectivity index (χ1n) is 8.24. The number of benzene rings is 2. The molecule has 1 aliphatic heterocycles. The minimum Gasteiger partial charge on any atom is -0.486 e. The van der Waals surface area contributed by atoms with Crippen molar-refractivity contribution in [3.63, 3.8) is 0 Å². The van der Waals surface area contributed by atoms with Crippen LogP contribution < -0.4 is 14.2 Å². The lowest BCUT2D eigenvalue weighted by Gasteiger charge is -2.24. The Hall–Kier alpha value is -3.20. The van der Waals surface area contributed by atoms with Crippen molar-refractivity contribution in [2.24, 2.45) is 0 Å². The summed E-state index contributed by atoms with van der Waals surface area (Å²) < 4.78 is 32.0. The summed E-state index contributed by atoms with van der Waals surface area (Å²) >= 11 is 1.39. The number of para-hydroxylation sites is 2. The Balaban J connectivity index is 1.35. The molecule has 7 nitrogen and oxygen atoms in total. The Kier molecular flexibility index (Phi) is 3.86. The van der Waals surface area contributed by atoms with E-state index in [9.17, 15) is 4.39 Å². The summed E-state index contributed by atoms with van der Waals surface area (Å²) in [5.74, 6) is 2.20. The van der Waals surface area contributed by atoms with Crippen molar-refractivity contribution >= 4 is 16.3 Å². The van der Waals surface area contributed by atoms with E-state index in [1.165, 1.54) is 23.5 Å². The van der Waals surface area contributed by atoms with Crippen LogP contribution >= 0.6 is 11.3 Å². The molecule has 0 unspecified atom stereocenters. The monoisotopic (exact) mass is 384 g/mol. The third-order valence-electron chi connectivity index (χ3n) is 4.04. The van der Waals surface area contributed by atoms with Gasteiger partial charge >= 0.3 is 0 Å². The second-order valence-electron chi connectivity index (χ2n) is 5.86. The second kappa shape index (κ2) is 6.51. The largest absolute Gasteiger partial charge is 0.486 e. The van der Waals surface area contributed by atoms with Gasteiger partial charge in [-0.05, 0) is 36.4 Å². The fourth-order valence-electron chi connectivity index (χ4n) is 2.71. The number of halogens is 1. The molecule has 0 saturated heterocycles. The molecule has 0 saturated carbocycles. The van der Waals surface area contributed by atoms with Gasteiger partial charge < -0.3 is 14.2 Å². The normalized spacial score (nSPS) is 15.8. The zero-order valence-corrected chi connectivity index (χ0v) is 14.7. The highest BCUT2D eigenvalue weighted by Gasteiger charge is 2.26. The number of ether oxygens (including phenoxy) is 3. The molecule has 9 heteroatoms. The van der Waals surface area contributed by atoms with Crippen LogP contribution in [0.4, 0.5) is 4.39 Å². The molecule has 0 bridgehead atoms. The van der Waals surface area contributed by atoms with Crippen LogP contribution in [0.3, 0.4) is 0 Å². The molecular formula is C18H13FN4O3S. The van der Waals surface area contributed by atoms with Gasteiger partial charge in [-0.25, -0.2) is 4.39 Å². The predicted octanol–water partition coefficient (Wildman–Crippen LogP) is 3.42. The van der Waals surface area contributed by atoms with Crippen molar-refractivity contribution in [3.05, 3.63) is 65.2 Å². The van der Waals surface area contributed by atoms with Gasteiger partial charge in [0, 0.05) is 0 Å². The average molecular weight is 384 g/mol. The molecule has 136 valence electrons. The van der Waals surface area contributed by atoms with E-state index in [0.717, 1.165) is 10.8 Å². The van der Waals surface area contributed by atoms with Crippen LogP contribution in [-0.2, 0) is 6.61 Å². The molecule has 5 rings (SSSR count). The summed E-state index contributed by atoms with van der Waals surface area (Å²) in [7, 11) is 0. The molecular weight excluding hydrogens is 371 g/mol. The first kappa shape index (κ1) is 16.0.